The molecule has 5 atom stereocenters. The van der Waals surface area contributed by atoms with Gasteiger partial charge in [0.25, 0.3) is 0 Å². The van der Waals surface area contributed by atoms with Crippen molar-refractivity contribution in [3.8, 4) is 0 Å². The zero-order chi connectivity index (χ0) is 13.9. The van der Waals surface area contributed by atoms with Gasteiger partial charge in [-0.15, -0.1) is 0 Å². The molecule has 3 nitrogen and oxygen atoms in total. The summed E-state index contributed by atoms with van der Waals surface area (Å²) in [5.41, 5.74) is 0.846. The van der Waals surface area contributed by atoms with Crippen molar-refractivity contribution in [1.29, 1.82) is 0 Å². The molecule has 0 aromatic heterocycles. The zero-order valence-corrected chi connectivity index (χ0v) is 14.0. The molecule has 0 aliphatic carbocycles. The summed E-state index contributed by atoms with van der Waals surface area (Å²) in [5, 5.41) is 0. The van der Waals surface area contributed by atoms with Crippen molar-refractivity contribution < 1.29 is 9.53 Å². The lowest BCUT2D eigenvalue weighted by Crippen LogP contribution is -2.46. The number of hydrogen-bond donors (Lipinski definition) is 0. The average Bonchev–Trinajstić information content (AvgIpc) is 3.03. The second kappa shape index (κ2) is 4.55. The van der Waals surface area contributed by atoms with Crippen LogP contribution < -0.4 is 0 Å². The van der Waals surface area contributed by atoms with Gasteiger partial charge in [-0.25, -0.2) is 0 Å². The van der Waals surface area contributed by atoms with Gasteiger partial charge in [0, 0.05) is 6.54 Å². The summed E-state index contributed by atoms with van der Waals surface area (Å²) in [6, 6.07) is 10.2. The van der Waals surface area contributed by atoms with E-state index in [-0.39, 0.29) is 28.4 Å². The highest BCUT2D eigenvalue weighted by atomic mass is 79.9. The summed E-state index contributed by atoms with van der Waals surface area (Å²) in [5.74, 6) is 0.273. The summed E-state index contributed by atoms with van der Waals surface area (Å²) < 4.78 is 6.19. The summed E-state index contributed by atoms with van der Waals surface area (Å²) in [6.07, 6.45) is 1.02. The first-order valence-electron chi connectivity index (χ1n) is 6.90. The van der Waals surface area contributed by atoms with Crippen molar-refractivity contribution in [2.24, 2.45) is 5.92 Å². The van der Waals surface area contributed by atoms with Gasteiger partial charge in [0.15, 0.2) is 0 Å². The lowest BCUT2D eigenvalue weighted by Gasteiger charge is -2.30. The molecule has 106 valence electrons. The molecule has 1 aromatic rings. The number of halogens is 2. The van der Waals surface area contributed by atoms with E-state index < -0.39 is 0 Å². The normalized spacial score (nSPS) is 42.3. The van der Waals surface area contributed by atoms with E-state index in [1.165, 1.54) is 5.56 Å². The number of benzene rings is 1. The van der Waals surface area contributed by atoms with Crippen LogP contribution in [0.15, 0.2) is 30.3 Å². The Balaban J connectivity index is 1.59. The maximum Gasteiger partial charge on any atom is 0.229 e. The molecule has 1 amide bonds. The van der Waals surface area contributed by atoms with Crippen LogP contribution in [0.2, 0.25) is 0 Å². The van der Waals surface area contributed by atoms with Crippen LogP contribution in [-0.4, -0.2) is 38.7 Å². The molecule has 3 fully saturated rings. The van der Waals surface area contributed by atoms with Crippen LogP contribution in [0, 0.1) is 5.92 Å². The maximum absolute atomic E-state index is 12.6. The van der Waals surface area contributed by atoms with E-state index >= 15 is 0 Å². The minimum absolute atomic E-state index is 0.0226. The minimum Gasteiger partial charge on any atom is -0.367 e. The summed E-state index contributed by atoms with van der Waals surface area (Å²) in [6.45, 7) is 1.37. The molecule has 5 heteroatoms. The van der Waals surface area contributed by atoms with Gasteiger partial charge in [-0.3, -0.25) is 4.79 Å². The highest BCUT2D eigenvalue weighted by molar-refractivity contribution is 9.12. The van der Waals surface area contributed by atoms with Crippen LogP contribution >= 0.6 is 31.9 Å². The molecule has 3 heterocycles. The van der Waals surface area contributed by atoms with E-state index in [1.807, 2.05) is 23.1 Å². The van der Waals surface area contributed by atoms with Gasteiger partial charge >= 0.3 is 0 Å². The summed E-state index contributed by atoms with van der Waals surface area (Å²) >= 11 is 7.45. The molecule has 20 heavy (non-hydrogen) atoms. The Bertz CT molecular complexity index is 552. The fourth-order valence-electron chi connectivity index (χ4n) is 3.83. The predicted octanol–water partition coefficient (Wildman–Crippen LogP) is 2.71. The van der Waals surface area contributed by atoms with Gasteiger partial charge in [0.05, 0.1) is 28.2 Å². The monoisotopic (exact) mass is 399 g/mol. The molecule has 0 N–H and O–H groups in total. The predicted molar refractivity (Wildman–Crippen MR) is 83.0 cm³/mol. The van der Waals surface area contributed by atoms with Crippen molar-refractivity contribution in [3.63, 3.8) is 0 Å². The van der Waals surface area contributed by atoms with Gasteiger partial charge < -0.3 is 9.64 Å². The second-order valence-electron chi connectivity index (χ2n) is 5.93. The number of fused-ring (bicyclic) bond motifs is 1. The van der Waals surface area contributed by atoms with E-state index in [2.05, 4.69) is 44.0 Å². The third-order valence-corrected chi connectivity index (χ3v) is 7.97. The molecular weight excluding hydrogens is 386 g/mol. The number of nitrogens with zero attached hydrogens (tertiary/aromatic N) is 1. The van der Waals surface area contributed by atoms with Crippen molar-refractivity contribution in [1.82, 2.24) is 4.90 Å². The molecule has 1 aromatic carbocycles. The van der Waals surface area contributed by atoms with Crippen molar-refractivity contribution in [3.05, 3.63) is 35.9 Å². The minimum atomic E-state index is -0.329. The average molecular weight is 401 g/mol. The van der Waals surface area contributed by atoms with Crippen molar-refractivity contribution in [2.45, 2.75) is 34.3 Å². The largest absolute Gasteiger partial charge is 0.367 e. The van der Waals surface area contributed by atoms with Crippen LogP contribution in [0.1, 0.15) is 12.0 Å². The maximum atomic E-state index is 12.6. The Morgan fingerprint density at radius 3 is 2.75 bits per heavy atom. The third kappa shape index (κ3) is 1.69. The fraction of sp³-hybridized carbons (Fsp3) is 0.533. The van der Waals surface area contributed by atoms with Crippen LogP contribution in [-0.2, 0) is 16.1 Å². The Labute approximate surface area is 134 Å². The first-order chi connectivity index (χ1) is 9.62. The number of hydrogen-bond acceptors (Lipinski definition) is 2. The fourth-order valence-corrected chi connectivity index (χ4v) is 5.52. The Hall–Kier alpha value is -0.390. The molecule has 3 aliphatic heterocycles. The highest BCUT2D eigenvalue weighted by Gasteiger charge is 2.69. The molecule has 0 unspecified atom stereocenters. The van der Waals surface area contributed by atoms with Gasteiger partial charge in [-0.1, -0.05) is 62.2 Å². The molecular formula is C15H15Br2NO2. The molecule has 3 aliphatic rings. The quantitative estimate of drug-likeness (QED) is 0.714. The standard InChI is InChI=1S/C15H15Br2NO2/c16-12-11-6-10-14(19)18(7-9-4-2-1-3-5-9)8-15(10,20-11)13(12)17/h1-5,10-13H,6-8H2/t10-,11-,12+,13-,15+/m0/s1. The van der Waals surface area contributed by atoms with Gasteiger partial charge in [-0.2, -0.15) is 0 Å². The van der Waals surface area contributed by atoms with Crippen LogP contribution in [0.5, 0.6) is 0 Å². The summed E-state index contributed by atoms with van der Waals surface area (Å²) in [4.78, 5) is 15.1. The molecule has 0 radical (unpaired) electrons. The number of likely N-dealkylation sites (tertiary alicyclic amines) is 1. The number of carbonyl (C=O) groups is 1. The molecule has 1 spiro atoms. The van der Waals surface area contributed by atoms with E-state index in [4.69, 9.17) is 4.74 Å². The Kier molecular flexibility index (Phi) is 3.02. The topological polar surface area (TPSA) is 29.5 Å². The number of alkyl halides is 2. The molecule has 3 saturated heterocycles. The lowest BCUT2D eigenvalue weighted by molar-refractivity contribution is -0.131. The number of amides is 1. The Morgan fingerprint density at radius 1 is 1.30 bits per heavy atom. The first-order valence-corrected chi connectivity index (χ1v) is 8.73. The number of ether oxygens (including phenoxy) is 1. The van der Waals surface area contributed by atoms with Crippen molar-refractivity contribution in [2.75, 3.05) is 6.54 Å². The lowest BCUT2D eigenvalue weighted by atomic mass is 9.80. The second-order valence-corrected chi connectivity index (χ2v) is 7.97. The third-order valence-electron chi connectivity index (χ3n) is 4.79. The highest BCUT2D eigenvalue weighted by Crippen LogP contribution is 2.57. The van der Waals surface area contributed by atoms with E-state index in [1.54, 1.807) is 0 Å². The number of rotatable bonds is 2. The van der Waals surface area contributed by atoms with E-state index in [0.29, 0.717) is 17.9 Å². The first kappa shape index (κ1) is 13.3. The van der Waals surface area contributed by atoms with Gasteiger partial charge in [0.1, 0.15) is 5.60 Å². The smallest absolute Gasteiger partial charge is 0.229 e. The van der Waals surface area contributed by atoms with Crippen LogP contribution in [0.25, 0.3) is 0 Å². The summed E-state index contributed by atoms with van der Waals surface area (Å²) in [7, 11) is 0. The van der Waals surface area contributed by atoms with Crippen LogP contribution in [0.4, 0.5) is 0 Å². The van der Waals surface area contributed by atoms with E-state index in [9.17, 15) is 4.79 Å². The van der Waals surface area contributed by atoms with Gasteiger partial charge in [0.2, 0.25) is 5.91 Å². The van der Waals surface area contributed by atoms with Crippen LogP contribution in [0.3, 0.4) is 0 Å². The number of carbonyl (C=O) groups excluding carboxylic acids is 1. The Morgan fingerprint density at radius 2 is 2.05 bits per heavy atom. The van der Waals surface area contributed by atoms with Crippen molar-refractivity contribution >= 4 is 37.8 Å². The van der Waals surface area contributed by atoms with E-state index in [0.717, 1.165) is 6.42 Å². The SMILES string of the molecule is O=C1[C@@H]2C[C@@H]3O[C@@]2(CN1Cc1ccccc1)[C@@H](Br)[C@@H]3Br. The zero-order valence-electron chi connectivity index (χ0n) is 10.8. The molecule has 0 saturated carbocycles. The molecule has 4 rings (SSSR count). The van der Waals surface area contributed by atoms with Gasteiger partial charge in [-0.05, 0) is 12.0 Å². The molecule has 2 bridgehead atoms.